The van der Waals surface area contributed by atoms with Gasteiger partial charge >= 0.3 is 0 Å². The number of para-hydroxylation sites is 1. The Labute approximate surface area is 104 Å². The Hall–Kier alpha value is -2.16. The topological polar surface area (TPSA) is 28.7 Å². The number of nitrogens with zero attached hydrogens (tertiary/aromatic N) is 1. The summed E-state index contributed by atoms with van der Waals surface area (Å²) in [5.41, 5.74) is 2.36. The van der Waals surface area contributed by atoms with Gasteiger partial charge in [0.2, 0.25) is 0 Å². The van der Waals surface area contributed by atoms with E-state index in [1.165, 1.54) is 6.07 Å². The van der Waals surface area contributed by atoms with Crippen LogP contribution in [0.5, 0.6) is 0 Å². The number of benzene rings is 1. The molecule has 2 heterocycles. The van der Waals surface area contributed by atoms with Crippen molar-refractivity contribution in [3.05, 3.63) is 72.8 Å². The molecule has 3 rings (SSSR count). The van der Waals surface area contributed by atoms with Gasteiger partial charge in [0.1, 0.15) is 5.82 Å². The molecule has 0 fully saturated rings. The molecule has 0 spiro atoms. The van der Waals surface area contributed by atoms with Crippen LogP contribution in [-0.4, -0.2) is 9.97 Å². The van der Waals surface area contributed by atoms with Crippen molar-refractivity contribution in [2.75, 3.05) is 0 Å². The summed E-state index contributed by atoms with van der Waals surface area (Å²) in [6.07, 6.45) is 3.46. The molecule has 18 heavy (non-hydrogen) atoms. The minimum absolute atomic E-state index is 0.317. The van der Waals surface area contributed by atoms with E-state index in [0.29, 0.717) is 5.69 Å². The molecule has 3 heteroatoms. The van der Waals surface area contributed by atoms with Gasteiger partial charge in [0.15, 0.2) is 0 Å². The first-order valence-corrected chi connectivity index (χ1v) is 5.77. The molecule has 0 amide bonds. The zero-order valence-electron chi connectivity index (χ0n) is 9.73. The second kappa shape index (κ2) is 4.26. The summed E-state index contributed by atoms with van der Waals surface area (Å²) in [5, 5.41) is 1.06. The van der Waals surface area contributed by atoms with E-state index in [9.17, 15) is 4.39 Å². The smallest absolute Gasteiger partial charge is 0.145 e. The maximum Gasteiger partial charge on any atom is 0.145 e. The molecule has 0 aliphatic heterocycles. The van der Waals surface area contributed by atoms with Gasteiger partial charge in [-0.25, -0.2) is 4.39 Å². The van der Waals surface area contributed by atoms with Crippen LogP contribution in [0.4, 0.5) is 4.39 Å². The molecule has 2 nitrogen and oxygen atoms in total. The van der Waals surface area contributed by atoms with E-state index in [1.54, 1.807) is 12.3 Å². The molecule has 1 atom stereocenters. The fraction of sp³-hybridized carbons (Fsp3) is 0.0667. The third kappa shape index (κ3) is 1.68. The molecule has 1 unspecified atom stereocenters. The van der Waals surface area contributed by atoms with Crippen molar-refractivity contribution in [3.8, 4) is 0 Å². The zero-order valence-corrected chi connectivity index (χ0v) is 9.73. The molecule has 1 N–H and O–H groups in total. The number of hydrogen-bond donors (Lipinski definition) is 1. The third-order valence-electron chi connectivity index (χ3n) is 3.11. The van der Waals surface area contributed by atoms with E-state index in [-0.39, 0.29) is 11.7 Å². The average molecular weight is 239 g/mol. The predicted octanol–water partition coefficient (Wildman–Crippen LogP) is 3.67. The summed E-state index contributed by atoms with van der Waals surface area (Å²) in [6.45, 7) is 4.04. The van der Waals surface area contributed by atoms with Crippen LogP contribution in [0.15, 0.2) is 48.8 Å². The summed E-state index contributed by atoms with van der Waals surface area (Å²) in [7, 11) is 0. The molecule has 0 bridgehead atoms. The summed E-state index contributed by atoms with van der Waals surface area (Å²) in [5.74, 6) is -0.634. The minimum Gasteiger partial charge on any atom is -0.361 e. The molecular formula is C15H12FN2. The van der Waals surface area contributed by atoms with Gasteiger partial charge in [-0.1, -0.05) is 18.2 Å². The van der Waals surface area contributed by atoms with Gasteiger partial charge in [-0.2, -0.15) is 0 Å². The Morgan fingerprint density at radius 3 is 2.83 bits per heavy atom. The highest BCUT2D eigenvalue weighted by Crippen LogP contribution is 2.29. The molecule has 0 saturated carbocycles. The minimum atomic E-state index is -0.317. The second-order valence-electron chi connectivity index (χ2n) is 4.21. The summed E-state index contributed by atoms with van der Waals surface area (Å²) < 4.78 is 13.7. The first-order chi connectivity index (χ1) is 8.77. The highest BCUT2D eigenvalue weighted by Gasteiger charge is 2.17. The quantitative estimate of drug-likeness (QED) is 0.726. The third-order valence-corrected chi connectivity index (χ3v) is 3.11. The molecule has 0 aliphatic carbocycles. The number of pyridine rings is 1. The SMILES string of the molecule is [CH2]C(c1ncccc1F)c1c[nH]c2ccccc12. The van der Waals surface area contributed by atoms with Gasteiger partial charge in [-0.05, 0) is 30.7 Å². The molecule has 1 aromatic carbocycles. The normalized spacial score (nSPS) is 12.8. The van der Waals surface area contributed by atoms with Crippen molar-refractivity contribution < 1.29 is 4.39 Å². The van der Waals surface area contributed by atoms with Crippen LogP contribution in [-0.2, 0) is 0 Å². The monoisotopic (exact) mass is 239 g/mol. The van der Waals surface area contributed by atoms with E-state index >= 15 is 0 Å². The predicted molar refractivity (Wildman–Crippen MR) is 69.7 cm³/mol. The zero-order chi connectivity index (χ0) is 12.5. The molecule has 2 aromatic heterocycles. The van der Waals surface area contributed by atoms with Gasteiger partial charge in [0.05, 0.1) is 5.69 Å². The highest BCUT2D eigenvalue weighted by molar-refractivity contribution is 5.84. The Morgan fingerprint density at radius 2 is 2.00 bits per heavy atom. The summed E-state index contributed by atoms with van der Waals surface area (Å²) >= 11 is 0. The number of fused-ring (bicyclic) bond motifs is 1. The second-order valence-corrected chi connectivity index (χ2v) is 4.21. The standard InChI is InChI=1S/C15H12FN2/c1-10(15-13(16)6-4-8-17-15)12-9-18-14-7-3-2-5-11(12)14/h2-10,18H,1H2. The Kier molecular flexibility index (Phi) is 2.59. The number of rotatable bonds is 2. The summed E-state index contributed by atoms with van der Waals surface area (Å²) in [6, 6.07) is 10.9. The molecule has 1 radical (unpaired) electrons. The van der Waals surface area contributed by atoms with Crippen LogP contribution in [0.1, 0.15) is 17.2 Å². The first-order valence-electron chi connectivity index (χ1n) is 5.77. The lowest BCUT2D eigenvalue weighted by atomic mass is 9.96. The Balaban J connectivity index is 2.13. The Bertz CT molecular complexity index is 688. The fourth-order valence-electron chi connectivity index (χ4n) is 2.18. The fourth-order valence-corrected chi connectivity index (χ4v) is 2.18. The highest BCUT2D eigenvalue weighted by atomic mass is 19.1. The largest absolute Gasteiger partial charge is 0.361 e. The van der Waals surface area contributed by atoms with Crippen LogP contribution in [0.25, 0.3) is 10.9 Å². The van der Waals surface area contributed by atoms with Crippen molar-refractivity contribution in [1.82, 2.24) is 9.97 Å². The van der Waals surface area contributed by atoms with Crippen LogP contribution in [0.3, 0.4) is 0 Å². The van der Waals surface area contributed by atoms with Crippen molar-refractivity contribution in [2.24, 2.45) is 0 Å². The van der Waals surface area contributed by atoms with Gasteiger partial charge < -0.3 is 4.98 Å². The number of aromatic nitrogens is 2. The van der Waals surface area contributed by atoms with Gasteiger partial charge in [0.25, 0.3) is 0 Å². The number of nitrogens with one attached hydrogen (secondary N) is 1. The Morgan fingerprint density at radius 1 is 1.17 bits per heavy atom. The number of halogens is 1. The van der Waals surface area contributed by atoms with Gasteiger partial charge in [-0.15, -0.1) is 0 Å². The van der Waals surface area contributed by atoms with E-state index in [0.717, 1.165) is 16.5 Å². The maximum atomic E-state index is 13.7. The molecule has 3 aromatic rings. The first kappa shape index (κ1) is 11.0. The van der Waals surface area contributed by atoms with Crippen molar-refractivity contribution >= 4 is 10.9 Å². The van der Waals surface area contributed by atoms with Crippen LogP contribution >= 0.6 is 0 Å². The van der Waals surface area contributed by atoms with Crippen LogP contribution in [0.2, 0.25) is 0 Å². The van der Waals surface area contributed by atoms with Crippen LogP contribution < -0.4 is 0 Å². The van der Waals surface area contributed by atoms with E-state index in [2.05, 4.69) is 16.9 Å². The van der Waals surface area contributed by atoms with Gasteiger partial charge in [0, 0.05) is 29.2 Å². The maximum absolute atomic E-state index is 13.7. The van der Waals surface area contributed by atoms with Crippen molar-refractivity contribution in [3.63, 3.8) is 0 Å². The lowest BCUT2D eigenvalue weighted by molar-refractivity contribution is 0.597. The lowest BCUT2D eigenvalue weighted by Crippen LogP contribution is -2.01. The van der Waals surface area contributed by atoms with Crippen LogP contribution in [0, 0.1) is 12.7 Å². The lowest BCUT2D eigenvalue weighted by Gasteiger charge is -2.10. The van der Waals surface area contributed by atoms with E-state index in [1.807, 2.05) is 30.5 Å². The van der Waals surface area contributed by atoms with Gasteiger partial charge in [-0.3, -0.25) is 4.98 Å². The number of H-pyrrole nitrogens is 1. The molecule has 0 aliphatic rings. The average Bonchev–Trinajstić information content (AvgIpc) is 2.82. The molecule has 0 saturated heterocycles. The van der Waals surface area contributed by atoms with Crippen molar-refractivity contribution in [1.29, 1.82) is 0 Å². The number of aromatic amines is 1. The molecule has 89 valence electrons. The van der Waals surface area contributed by atoms with E-state index < -0.39 is 0 Å². The molecular weight excluding hydrogens is 227 g/mol. The number of hydrogen-bond acceptors (Lipinski definition) is 1. The summed E-state index contributed by atoms with van der Waals surface area (Å²) in [4.78, 5) is 7.26. The van der Waals surface area contributed by atoms with Crippen molar-refractivity contribution in [2.45, 2.75) is 5.92 Å². The van der Waals surface area contributed by atoms with E-state index in [4.69, 9.17) is 0 Å².